The third-order valence-electron chi connectivity index (χ3n) is 5.59. The largest absolute Gasteiger partial charge is 0.497 e. The van der Waals surface area contributed by atoms with Crippen LogP contribution in [0.2, 0.25) is 0 Å². The summed E-state index contributed by atoms with van der Waals surface area (Å²) in [6.45, 7) is -0.169. The number of nitrogens with one attached hydrogen (secondary N) is 2. The first-order chi connectivity index (χ1) is 17.0. The molecule has 4 amide bonds. The summed E-state index contributed by atoms with van der Waals surface area (Å²) < 4.78 is 10.6. The van der Waals surface area contributed by atoms with Crippen LogP contribution in [0.5, 0.6) is 11.5 Å². The monoisotopic (exact) mass is 474 g/mol. The average molecular weight is 475 g/mol. The van der Waals surface area contributed by atoms with Gasteiger partial charge in [0.15, 0.2) is 0 Å². The second-order valence-corrected chi connectivity index (χ2v) is 7.81. The van der Waals surface area contributed by atoms with Gasteiger partial charge in [0.25, 0.3) is 0 Å². The maximum Gasteiger partial charge on any atom is 0.326 e. The average Bonchev–Trinajstić information content (AvgIpc) is 2.89. The van der Waals surface area contributed by atoms with Gasteiger partial charge in [-0.15, -0.1) is 0 Å². The predicted octanol–water partition coefficient (Wildman–Crippen LogP) is 3.41. The lowest BCUT2D eigenvalue weighted by molar-refractivity contribution is -0.123. The van der Waals surface area contributed by atoms with Crippen LogP contribution in [0.25, 0.3) is 0 Å². The molecule has 35 heavy (non-hydrogen) atoms. The number of nitrogens with zero attached hydrogens (tertiary/aromatic N) is 2. The lowest BCUT2D eigenvalue weighted by Gasteiger charge is -2.35. The number of carbonyl (C=O) groups is 3. The SMILES string of the molecule is COc1ccc(OC)c(CNC(=O)CN2C(=O)CN(C(=O)Nc3ccccc3)c3ccccc32)c1. The fourth-order valence-corrected chi connectivity index (χ4v) is 3.84. The van der Waals surface area contributed by atoms with Crippen LogP contribution in [0.3, 0.4) is 0 Å². The molecule has 0 atom stereocenters. The van der Waals surface area contributed by atoms with Crippen molar-refractivity contribution in [1.29, 1.82) is 0 Å². The quantitative estimate of drug-likeness (QED) is 0.547. The van der Waals surface area contributed by atoms with Gasteiger partial charge in [0.2, 0.25) is 11.8 Å². The summed E-state index contributed by atoms with van der Waals surface area (Å²) in [6, 6.07) is 20.9. The third-order valence-corrected chi connectivity index (χ3v) is 5.59. The second-order valence-electron chi connectivity index (χ2n) is 7.81. The summed E-state index contributed by atoms with van der Waals surface area (Å²) in [7, 11) is 3.11. The van der Waals surface area contributed by atoms with Crippen molar-refractivity contribution in [1.82, 2.24) is 5.32 Å². The van der Waals surface area contributed by atoms with Gasteiger partial charge in [0.05, 0.1) is 25.6 Å². The Hall–Kier alpha value is -4.53. The van der Waals surface area contributed by atoms with Crippen LogP contribution in [0.4, 0.5) is 21.9 Å². The van der Waals surface area contributed by atoms with Gasteiger partial charge in [-0.2, -0.15) is 0 Å². The number of methoxy groups -OCH3 is 2. The van der Waals surface area contributed by atoms with E-state index < -0.39 is 6.03 Å². The highest BCUT2D eigenvalue weighted by molar-refractivity contribution is 6.15. The van der Waals surface area contributed by atoms with Gasteiger partial charge in [0, 0.05) is 17.8 Å². The number of amides is 4. The van der Waals surface area contributed by atoms with Crippen LogP contribution in [0.15, 0.2) is 72.8 Å². The van der Waals surface area contributed by atoms with Crippen molar-refractivity contribution in [2.45, 2.75) is 6.54 Å². The molecule has 9 nitrogen and oxygen atoms in total. The number of carbonyl (C=O) groups excluding carboxylic acids is 3. The Labute approximate surface area is 203 Å². The molecule has 3 aromatic rings. The summed E-state index contributed by atoms with van der Waals surface area (Å²) in [5, 5.41) is 5.63. The van der Waals surface area contributed by atoms with Crippen molar-refractivity contribution in [3.8, 4) is 11.5 Å². The van der Waals surface area contributed by atoms with E-state index in [9.17, 15) is 14.4 Å². The molecule has 9 heteroatoms. The fraction of sp³-hybridized carbons (Fsp3) is 0.192. The van der Waals surface area contributed by atoms with Crippen LogP contribution < -0.4 is 29.9 Å². The Kier molecular flexibility index (Phi) is 7.15. The molecule has 1 aliphatic rings. The first-order valence-electron chi connectivity index (χ1n) is 11.0. The maximum absolute atomic E-state index is 13.0. The number of urea groups is 1. The predicted molar refractivity (Wildman–Crippen MR) is 133 cm³/mol. The summed E-state index contributed by atoms with van der Waals surface area (Å²) >= 11 is 0. The molecule has 1 aliphatic heterocycles. The van der Waals surface area contributed by atoms with E-state index >= 15 is 0 Å². The van der Waals surface area contributed by atoms with Crippen molar-refractivity contribution in [3.63, 3.8) is 0 Å². The van der Waals surface area contributed by atoms with Gasteiger partial charge in [-0.05, 0) is 42.5 Å². The Balaban J connectivity index is 1.47. The van der Waals surface area contributed by atoms with E-state index in [0.29, 0.717) is 28.6 Å². The van der Waals surface area contributed by atoms with E-state index in [0.717, 1.165) is 5.56 Å². The standard InChI is InChI=1S/C26H26N4O5/c1-34-20-12-13-23(35-2)18(14-20)15-27-24(31)16-29-21-10-6-7-11-22(21)30(17-25(29)32)26(33)28-19-8-4-3-5-9-19/h3-14H,15-17H2,1-2H3,(H,27,31)(H,28,33). The van der Waals surface area contributed by atoms with Gasteiger partial charge in [-0.1, -0.05) is 30.3 Å². The highest BCUT2D eigenvalue weighted by Gasteiger charge is 2.33. The van der Waals surface area contributed by atoms with E-state index in [2.05, 4.69) is 10.6 Å². The van der Waals surface area contributed by atoms with E-state index in [1.165, 1.54) is 9.80 Å². The molecule has 0 unspecified atom stereocenters. The van der Waals surface area contributed by atoms with Crippen molar-refractivity contribution >= 4 is 34.9 Å². The van der Waals surface area contributed by atoms with E-state index in [1.54, 1.807) is 68.8 Å². The number of benzene rings is 3. The van der Waals surface area contributed by atoms with Crippen LogP contribution in [0.1, 0.15) is 5.56 Å². The molecular weight excluding hydrogens is 448 g/mol. The number of ether oxygens (including phenoxy) is 2. The minimum atomic E-state index is -0.425. The number of anilines is 3. The normalized spacial score (nSPS) is 12.6. The molecule has 1 heterocycles. The van der Waals surface area contributed by atoms with Gasteiger partial charge < -0.3 is 20.1 Å². The topological polar surface area (TPSA) is 100 Å². The van der Waals surface area contributed by atoms with E-state index in [1.807, 2.05) is 18.2 Å². The maximum atomic E-state index is 13.0. The summed E-state index contributed by atoms with van der Waals surface area (Å²) in [5.41, 5.74) is 2.40. The summed E-state index contributed by atoms with van der Waals surface area (Å²) in [4.78, 5) is 41.5. The minimum absolute atomic E-state index is 0.184. The molecule has 0 radical (unpaired) electrons. The third kappa shape index (κ3) is 5.35. The van der Waals surface area contributed by atoms with E-state index in [-0.39, 0.29) is 31.4 Å². The molecule has 3 aromatic carbocycles. The lowest BCUT2D eigenvalue weighted by atomic mass is 10.1. The first-order valence-corrected chi connectivity index (χ1v) is 11.0. The smallest absolute Gasteiger partial charge is 0.326 e. The summed E-state index contributed by atoms with van der Waals surface area (Å²) in [6.07, 6.45) is 0. The molecule has 4 rings (SSSR count). The molecule has 2 N–H and O–H groups in total. The number of fused-ring (bicyclic) bond motifs is 1. The molecule has 0 aliphatic carbocycles. The molecular formula is C26H26N4O5. The number of hydrogen-bond acceptors (Lipinski definition) is 5. The first kappa shape index (κ1) is 23.6. The van der Waals surface area contributed by atoms with Crippen molar-refractivity contribution < 1.29 is 23.9 Å². The fourth-order valence-electron chi connectivity index (χ4n) is 3.84. The Bertz CT molecular complexity index is 1230. The summed E-state index contributed by atoms with van der Waals surface area (Å²) in [5.74, 6) is 0.552. The molecule has 0 spiro atoms. The Morgan fingerprint density at radius 1 is 0.914 bits per heavy atom. The molecule has 0 saturated heterocycles. The van der Waals surface area contributed by atoms with Crippen molar-refractivity contribution in [2.24, 2.45) is 0 Å². The zero-order valence-electron chi connectivity index (χ0n) is 19.5. The van der Waals surface area contributed by atoms with Gasteiger partial charge in [-0.25, -0.2) is 4.79 Å². The van der Waals surface area contributed by atoms with Crippen LogP contribution in [0, 0.1) is 0 Å². The number of hydrogen-bond donors (Lipinski definition) is 2. The van der Waals surface area contributed by atoms with Crippen LogP contribution >= 0.6 is 0 Å². The van der Waals surface area contributed by atoms with Gasteiger partial charge >= 0.3 is 6.03 Å². The second kappa shape index (κ2) is 10.6. The Morgan fingerprint density at radius 3 is 2.34 bits per heavy atom. The zero-order chi connectivity index (χ0) is 24.8. The molecule has 0 fully saturated rings. The highest BCUT2D eigenvalue weighted by atomic mass is 16.5. The molecule has 180 valence electrons. The van der Waals surface area contributed by atoms with Gasteiger partial charge in [-0.3, -0.25) is 19.4 Å². The number of rotatable bonds is 7. The van der Waals surface area contributed by atoms with Crippen LogP contribution in [-0.2, 0) is 16.1 Å². The Morgan fingerprint density at radius 2 is 1.63 bits per heavy atom. The minimum Gasteiger partial charge on any atom is -0.497 e. The van der Waals surface area contributed by atoms with E-state index in [4.69, 9.17) is 9.47 Å². The highest BCUT2D eigenvalue weighted by Crippen LogP contribution is 2.33. The lowest BCUT2D eigenvalue weighted by Crippen LogP contribution is -2.51. The van der Waals surface area contributed by atoms with Crippen molar-refractivity contribution in [3.05, 3.63) is 78.4 Å². The van der Waals surface area contributed by atoms with Crippen LogP contribution in [-0.4, -0.2) is 45.2 Å². The molecule has 0 bridgehead atoms. The molecule has 0 saturated carbocycles. The van der Waals surface area contributed by atoms with Crippen molar-refractivity contribution in [2.75, 3.05) is 42.4 Å². The number of para-hydroxylation sites is 3. The molecule has 0 aromatic heterocycles. The zero-order valence-corrected chi connectivity index (χ0v) is 19.5. The van der Waals surface area contributed by atoms with Gasteiger partial charge in [0.1, 0.15) is 24.6 Å².